The fourth-order valence-electron chi connectivity index (χ4n) is 3.39. The molecule has 0 radical (unpaired) electrons. The van der Waals surface area contributed by atoms with Crippen molar-refractivity contribution in [1.82, 2.24) is 9.80 Å². The van der Waals surface area contributed by atoms with Gasteiger partial charge in [0.05, 0.1) is 11.2 Å². The van der Waals surface area contributed by atoms with E-state index in [0.29, 0.717) is 25.5 Å². The molecule has 3 aliphatic rings. The fourth-order valence-corrected chi connectivity index (χ4v) is 3.39. The molecule has 0 aromatic carbocycles. The maximum atomic E-state index is 13.2. The Kier molecular flexibility index (Phi) is 4.39. The molecule has 9 heteroatoms. The lowest BCUT2D eigenvalue weighted by atomic mass is 9.78. The second-order valence-electron chi connectivity index (χ2n) is 7.97. The van der Waals surface area contributed by atoms with Gasteiger partial charge in [-0.15, -0.1) is 0 Å². The lowest BCUT2D eigenvalue weighted by Crippen LogP contribution is -2.52. The Morgan fingerprint density at radius 3 is 2.32 bits per heavy atom. The number of rotatable bonds is 1. The minimum atomic E-state index is -4.24. The van der Waals surface area contributed by atoms with Crippen LogP contribution in [0.4, 0.5) is 13.2 Å². The number of likely N-dealkylation sites (N-methyl/N-ethyl adjacent to an activating group) is 1. The summed E-state index contributed by atoms with van der Waals surface area (Å²) in [5.41, 5.74) is -0.109. The summed E-state index contributed by atoms with van der Waals surface area (Å²) in [4.78, 5) is 7.42. The summed E-state index contributed by atoms with van der Waals surface area (Å²) in [6, 6.07) is -1.46. The molecule has 2 saturated heterocycles. The van der Waals surface area contributed by atoms with Gasteiger partial charge in [-0.3, -0.25) is 0 Å². The SMILES string of the molecule is CN1CC(B2OC(C)(C)C(C)(C)O2)=CN=C1N1CCC[C@H]1C(F)(F)F. The molecule has 3 heterocycles. The zero-order valence-corrected chi connectivity index (χ0v) is 15.4. The van der Waals surface area contributed by atoms with Crippen molar-refractivity contribution in [3.63, 3.8) is 0 Å². The minimum Gasteiger partial charge on any atom is -0.399 e. The Morgan fingerprint density at radius 1 is 1.20 bits per heavy atom. The highest BCUT2D eigenvalue weighted by Crippen LogP contribution is 2.39. The van der Waals surface area contributed by atoms with Crippen molar-refractivity contribution in [2.24, 2.45) is 4.99 Å². The van der Waals surface area contributed by atoms with E-state index in [2.05, 4.69) is 4.99 Å². The standard InChI is InChI=1S/C16H25BF3N3O2/c1-14(2)15(3,4)25-17(24-14)11-9-21-13(22(5)10-11)23-8-6-7-12(23)16(18,19)20/h9,12H,6-8,10H2,1-5H3/t12-/m0/s1. The number of hydrogen-bond donors (Lipinski definition) is 0. The van der Waals surface area contributed by atoms with Gasteiger partial charge >= 0.3 is 13.3 Å². The van der Waals surface area contributed by atoms with Crippen LogP contribution in [-0.2, 0) is 9.31 Å². The number of alkyl halides is 3. The summed E-state index contributed by atoms with van der Waals surface area (Å²) in [5, 5.41) is 0. The average Bonchev–Trinajstić information content (AvgIpc) is 3.02. The van der Waals surface area contributed by atoms with Crippen LogP contribution in [0.15, 0.2) is 16.7 Å². The average molecular weight is 359 g/mol. The van der Waals surface area contributed by atoms with Crippen LogP contribution in [0.25, 0.3) is 0 Å². The third kappa shape index (κ3) is 3.28. The molecule has 0 saturated carbocycles. The van der Waals surface area contributed by atoms with Crippen molar-refractivity contribution in [2.75, 3.05) is 20.1 Å². The van der Waals surface area contributed by atoms with Gasteiger partial charge in [0.25, 0.3) is 0 Å². The van der Waals surface area contributed by atoms with Gasteiger partial charge in [-0.25, -0.2) is 4.99 Å². The maximum absolute atomic E-state index is 13.2. The highest BCUT2D eigenvalue weighted by Gasteiger charge is 2.53. The monoisotopic (exact) mass is 359 g/mol. The van der Waals surface area contributed by atoms with Crippen LogP contribution in [0, 0.1) is 0 Å². The summed E-state index contributed by atoms with van der Waals surface area (Å²) in [5.74, 6) is 0.361. The molecule has 140 valence electrons. The van der Waals surface area contributed by atoms with Crippen LogP contribution >= 0.6 is 0 Å². The van der Waals surface area contributed by atoms with E-state index in [-0.39, 0.29) is 6.42 Å². The van der Waals surface area contributed by atoms with Crippen molar-refractivity contribution in [2.45, 2.75) is 64.0 Å². The molecule has 25 heavy (non-hydrogen) atoms. The van der Waals surface area contributed by atoms with Crippen LogP contribution < -0.4 is 0 Å². The van der Waals surface area contributed by atoms with Crippen LogP contribution in [0.2, 0.25) is 0 Å². The quantitative estimate of drug-likeness (QED) is 0.675. The van der Waals surface area contributed by atoms with Crippen molar-refractivity contribution in [3.8, 4) is 0 Å². The van der Waals surface area contributed by atoms with Gasteiger partial charge in [0.1, 0.15) is 6.04 Å². The van der Waals surface area contributed by atoms with E-state index < -0.39 is 30.5 Å². The van der Waals surface area contributed by atoms with Gasteiger partial charge in [0.15, 0.2) is 0 Å². The molecule has 0 spiro atoms. The normalized spacial score (nSPS) is 29.1. The summed E-state index contributed by atoms with van der Waals surface area (Å²) >= 11 is 0. The second kappa shape index (κ2) is 5.91. The zero-order chi connectivity index (χ0) is 18.6. The minimum absolute atomic E-state index is 0.115. The van der Waals surface area contributed by atoms with E-state index in [1.54, 1.807) is 18.1 Å². The molecular weight excluding hydrogens is 334 g/mol. The second-order valence-corrected chi connectivity index (χ2v) is 7.97. The highest BCUT2D eigenvalue weighted by molar-refractivity contribution is 6.55. The van der Waals surface area contributed by atoms with E-state index in [4.69, 9.17) is 9.31 Å². The zero-order valence-electron chi connectivity index (χ0n) is 15.4. The summed E-state index contributed by atoms with van der Waals surface area (Å²) < 4.78 is 51.7. The number of halogens is 3. The van der Waals surface area contributed by atoms with Gasteiger partial charge in [0.2, 0.25) is 5.96 Å². The highest BCUT2D eigenvalue weighted by atomic mass is 19.4. The van der Waals surface area contributed by atoms with Gasteiger partial charge in [-0.05, 0) is 46.0 Å². The molecule has 0 bridgehead atoms. The number of guanidine groups is 1. The molecule has 0 N–H and O–H groups in total. The molecule has 2 fully saturated rings. The van der Waals surface area contributed by atoms with Gasteiger partial charge in [-0.2, -0.15) is 13.2 Å². The lowest BCUT2D eigenvalue weighted by molar-refractivity contribution is -0.167. The number of nitrogens with zero attached hydrogens (tertiary/aromatic N) is 3. The molecule has 0 aromatic rings. The Hall–Kier alpha value is -1.22. The Bertz CT molecular complexity index is 588. The molecular formula is C16H25BF3N3O2. The van der Waals surface area contributed by atoms with Gasteiger partial charge in [0, 0.05) is 26.3 Å². The largest absolute Gasteiger partial charge is 0.493 e. The third-order valence-electron chi connectivity index (χ3n) is 5.55. The van der Waals surface area contributed by atoms with Crippen molar-refractivity contribution < 1.29 is 22.5 Å². The number of aliphatic imine (C=N–C) groups is 1. The molecule has 5 nitrogen and oxygen atoms in total. The van der Waals surface area contributed by atoms with E-state index in [9.17, 15) is 13.2 Å². The van der Waals surface area contributed by atoms with Gasteiger partial charge < -0.3 is 19.1 Å². The topological polar surface area (TPSA) is 37.3 Å². The van der Waals surface area contributed by atoms with Crippen LogP contribution in [-0.4, -0.2) is 66.4 Å². The Balaban J connectivity index is 1.80. The molecule has 0 unspecified atom stereocenters. The van der Waals surface area contributed by atoms with Crippen molar-refractivity contribution >= 4 is 13.1 Å². The first kappa shape index (κ1) is 18.6. The summed E-state index contributed by atoms with van der Waals surface area (Å²) in [6.07, 6.45) is -2.01. The predicted octanol–water partition coefficient (Wildman–Crippen LogP) is 2.83. The fraction of sp³-hybridized carbons (Fsp3) is 0.812. The first-order valence-corrected chi connectivity index (χ1v) is 8.59. The molecule has 1 atom stereocenters. The van der Waals surface area contributed by atoms with Crippen LogP contribution in [0.1, 0.15) is 40.5 Å². The van der Waals surface area contributed by atoms with Crippen LogP contribution in [0.3, 0.4) is 0 Å². The van der Waals surface area contributed by atoms with E-state index in [0.717, 1.165) is 5.47 Å². The van der Waals surface area contributed by atoms with E-state index >= 15 is 0 Å². The predicted molar refractivity (Wildman–Crippen MR) is 90.0 cm³/mol. The Labute approximate surface area is 147 Å². The maximum Gasteiger partial charge on any atom is 0.493 e. The molecule has 3 rings (SSSR count). The third-order valence-corrected chi connectivity index (χ3v) is 5.55. The lowest BCUT2D eigenvalue weighted by Gasteiger charge is -2.36. The summed E-state index contributed by atoms with van der Waals surface area (Å²) in [7, 11) is 1.22. The first-order valence-electron chi connectivity index (χ1n) is 8.59. The van der Waals surface area contributed by atoms with Crippen molar-refractivity contribution in [3.05, 3.63) is 11.7 Å². The Morgan fingerprint density at radius 2 is 1.80 bits per heavy atom. The molecule has 0 aliphatic carbocycles. The van der Waals surface area contributed by atoms with Crippen LogP contribution in [0.5, 0.6) is 0 Å². The molecule has 0 aromatic heterocycles. The van der Waals surface area contributed by atoms with E-state index in [1.807, 2.05) is 27.7 Å². The van der Waals surface area contributed by atoms with Gasteiger partial charge in [-0.1, -0.05) is 0 Å². The first-order chi connectivity index (χ1) is 11.4. The van der Waals surface area contributed by atoms with E-state index in [1.165, 1.54) is 4.90 Å². The number of likely N-dealkylation sites (tertiary alicyclic amines) is 1. The smallest absolute Gasteiger partial charge is 0.399 e. The van der Waals surface area contributed by atoms with Crippen molar-refractivity contribution in [1.29, 1.82) is 0 Å². The summed E-state index contributed by atoms with van der Waals surface area (Å²) in [6.45, 7) is 8.66. The molecule has 3 aliphatic heterocycles. The molecule has 0 amide bonds. The number of hydrogen-bond acceptors (Lipinski definition) is 5.